The van der Waals surface area contributed by atoms with Crippen molar-refractivity contribution >= 4 is 12.0 Å². The number of aliphatic carboxylic acids is 1. The fourth-order valence-corrected chi connectivity index (χ4v) is 1.76. The van der Waals surface area contributed by atoms with Crippen molar-refractivity contribution in [3.05, 3.63) is 29.8 Å². The first-order valence-electron chi connectivity index (χ1n) is 7.51. The number of rotatable bonds is 10. The van der Waals surface area contributed by atoms with E-state index in [0.717, 1.165) is 18.6 Å². The summed E-state index contributed by atoms with van der Waals surface area (Å²) in [7, 11) is 0. The largest absolute Gasteiger partial charge is 0.494 e. The highest BCUT2D eigenvalue weighted by atomic mass is 16.5. The number of carboxylic acid groups (broad SMARTS) is 1. The minimum absolute atomic E-state index is 0.0661. The van der Waals surface area contributed by atoms with E-state index in [1.54, 1.807) is 0 Å². The predicted molar refractivity (Wildman–Crippen MR) is 84.2 cm³/mol. The number of amides is 2. The van der Waals surface area contributed by atoms with Crippen LogP contribution in [0.15, 0.2) is 24.3 Å². The van der Waals surface area contributed by atoms with Crippen LogP contribution in [0.1, 0.15) is 31.2 Å². The summed E-state index contributed by atoms with van der Waals surface area (Å²) >= 11 is 0. The van der Waals surface area contributed by atoms with Gasteiger partial charge in [-0.25, -0.2) is 4.79 Å². The Morgan fingerprint density at radius 1 is 1.05 bits per heavy atom. The van der Waals surface area contributed by atoms with Gasteiger partial charge in [0.05, 0.1) is 6.61 Å². The number of unbranched alkanes of at least 4 members (excludes halogenated alkanes) is 1. The third-order valence-corrected chi connectivity index (χ3v) is 3.00. The van der Waals surface area contributed by atoms with Crippen LogP contribution in [0, 0.1) is 6.92 Å². The molecule has 6 nitrogen and oxygen atoms in total. The van der Waals surface area contributed by atoms with Crippen molar-refractivity contribution in [3.8, 4) is 5.75 Å². The third kappa shape index (κ3) is 8.84. The summed E-state index contributed by atoms with van der Waals surface area (Å²) in [6.07, 6.45) is 2.19. The molecule has 0 fully saturated rings. The monoisotopic (exact) mass is 308 g/mol. The Kier molecular flexibility index (Phi) is 8.49. The maximum Gasteiger partial charge on any atom is 0.314 e. The second-order valence-corrected chi connectivity index (χ2v) is 5.05. The molecule has 0 radical (unpaired) electrons. The standard InChI is InChI=1S/C16H24N2O4/c1-13-6-8-14(9-7-13)22-12-3-2-10-17-16(21)18-11-4-5-15(19)20/h6-9H,2-5,10-12H2,1H3,(H,19,20)(H2,17,18,21). The normalized spacial score (nSPS) is 10.0. The lowest BCUT2D eigenvalue weighted by atomic mass is 10.2. The second-order valence-electron chi connectivity index (χ2n) is 5.05. The molecule has 0 bridgehead atoms. The van der Waals surface area contributed by atoms with Crippen molar-refractivity contribution in [2.24, 2.45) is 0 Å². The van der Waals surface area contributed by atoms with Gasteiger partial charge in [0.1, 0.15) is 5.75 Å². The molecule has 0 aliphatic heterocycles. The van der Waals surface area contributed by atoms with E-state index in [4.69, 9.17) is 9.84 Å². The van der Waals surface area contributed by atoms with E-state index >= 15 is 0 Å². The molecule has 22 heavy (non-hydrogen) atoms. The first-order chi connectivity index (χ1) is 10.6. The van der Waals surface area contributed by atoms with Crippen LogP contribution in [0.5, 0.6) is 5.75 Å². The van der Waals surface area contributed by atoms with Gasteiger partial charge in [-0.3, -0.25) is 4.79 Å². The zero-order chi connectivity index (χ0) is 16.2. The van der Waals surface area contributed by atoms with Gasteiger partial charge in [-0.15, -0.1) is 0 Å². The second kappa shape index (κ2) is 10.5. The van der Waals surface area contributed by atoms with E-state index in [2.05, 4.69) is 10.6 Å². The van der Waals surface area contributed by atoms with Crippen molar-refractivity contribution < 1.29 is 19.4 Å². The van der Waals surface area contributed by atoms with Crippen molar-refractivity contribution in [2.45, 2.75) is 32.6 Å². The van der Waals surface area contributed by atoms with Gasteiger partial charge in [-0.2, -0.15) is 0 Å². The number of ether oxygens (including phenoxy) is 1. The van der Waals surface area contributed by atoms with Crippen molar-refractivity contribution in [1.82, 2.24) is 10.6 Å². The Balaban J connectivity index is 1.95. The minimum atomic E-state index is -0.851. The zero-order valence-electron chi connectivity index (χ0n) is 12.9. The van der Waals surface area contributed by atoms with Crippen LogP contribution < -0.4 is 15.4 Å². The van der Waals surface area contributed by atoms with E-state index in [9.17, 15) is 9.59 Å². The quantitative estimate of drug-likeness (QED) is 0.579. The highest BCUT2D eigenvalue weighted by Crippen LogP contribution is 2.11. The molecule has 1 rings (SSSR count). The van der Waals surface area contributed by atoms with Crippen LogP contribution in [-0.4, -0.2) is 36.8 Å². The van der Waals surface area contributed by atoms with E-state index in [0.29, 0.717) is 26.1 Å². The first kappa shape index (κ1) is 17.8. The molecule has 1 aromatic rings. The van der Waals surface area contributed by atoms with Crippen LogP contribution in [0.2, 0.25) is 0 Å². The molecule has 3 N–H and O–H groups in total. The van der Waals surface area contributed by atoms with E-state index in [-0.39, 0.29) is 12.5 Å². The first-order valence-corrected chi connectivity index (χ1v) is 7.51. The van der Waals surface area contributed by atoms with Gasteiger partial charge in [-0.05, 0) is 38.3 Å². The topological polar surface area (TPSA) is 87.7 Å². The lowest BCUT2D eigenvalue weighted by Gasteiger charge is -2.08. The molecule has 1 aromatic carbocycles. The molecule has 0 saturated carbocycles. The number of benzene rings is 1. The summed E-state index contributed by atoms with van der Waals surface area (Å²) < 4.78 is 5.59. The van der Waals surface area contributed by atoms with Gasteiger partial charge in [0.2, 0.25) is 0 Å². The summed E-state index contributed by atoms with van der Waals surface area (Å²) in [4.78, 5) is 21.7. The van der Waals surface area contributed by atoms with Crippen LogP contribution in [0.4, 0.5) is 4.79 Å². The third-order valence-electron chi connectivity index (χ3n) is 3.00. The highest BCUT2D eigenvalue weighted by Gasteiger charge is 2.00. The minimum Gasteiger partial charge on any atom is -0.494 e. The molecule has 0 heterocycles. The van der Waals surface area contributed by atoms with Crippen molar-refractivity contribution in [1.29, 1.82) is 0 Å². The fourth-order valence-electron chi connectivity index (χ4n) is 1.76. The highest BCUT2D eigenvalue weighted by molar-refractivity contribution is 5.73. The average Bonchev–Trinajstić information content (AvgIpc) is 2.49. The predicted octanol–water partition coefficient (Wildman–Crippen LogP) is 2.32. The smallest absolute Gasteiger partial charge is 0.314 e. The van der Waals surface area contributed by atoms with E-state index in [1.165, 1.54) is 5.56 Å². The average molecular weight is 308 g/mol. The van der Waals surface area contributed by atoms with Gasteiger partial charge in [0, 0.05) is 19.5 Å². The number of hydrogen-bond acceptors (Lipinski definition) is 3. The number of nitrogens with one attached hydrogen (secondary N) is 2. The summed E-state index contributed by atoms with van der Waals surface area (Å²) in [5.41, 5.74) is 1.20. The molecule has 0 spiro atoms. The van der Waals surface area contributed by atoms with Gasteiger partial charge < -0.3 is 20.5 Å². The van der Waals surface area contributed by atoms with Crippen LogP contribution in [0.25, 0.3) is 0 Å². The number of urea groups is 1. The molecule has 122 valence electrons. The van der Waals surface area contributed by atoms with Gasteiger partial charge >= 0.3 is 12.0 Å². The molecule has 0 aliphatic rings. The number of carbonyl (C=O) groups is 2. The summed E-state index contributed by atoms with van der Waals surface area (Å²) in [5, 5.41) is 13.8. The lowest BCUT2D eigenvalue weighted by molar-refractivity contribution is -0.137. The molecule has 0 atom stereocenters. The van der Waals surface area contributed by atoms with Crippen LogP contribution in [0.3, 0.4) is 0 Å². The lowest BCUT2D eigenvalue weighted by Crippen LogP contribution is -2.36. The molecule has 0 saturated heterocycles. The Morgan fingerprint density at radius 2 is 1.68 bits per heavy atom. The maximum atomic E-state index is 11.4. The molecule has 0 unspecified atom stereocenters. The fraction of sp³-hybridized carbons (Fsp3) is 0.500. The molecule has 0 aliphatic carbocycles. The molecule has 0 aromatic heterocycles. The molecule has 6 heteroatoms. The van der Waals surface area contributed by atoms with Crippen LogP contribution in [-0.2, 0) is 4.79 Å². The molecule has 2 amide bonds. The van der Waals surface area contributed by atoms with Crippen molar-refractivity contribution in [2.75, 3.05) is 19.7 Å². The van der Waals surface area contributed by atoms with Gasteiger partial charge in [0.25, 0.3) is 0 Å². The SMILES string of the molecule is Cc1ccc(OCCCCNC(=O)NCCCC(=O)O)cc1. The Morgan fingerprint density at radius 3 is 2.32 bits per heavy atom. The Labute approximate surface area is 130 Å². The van der Waals surface area contributed by atoms with Gasteiger partial charge in [0.15, 0.2) is 0 Å². The van der Waals surface area contributed by atoms with E-state index < -0.39 is 5.97 Å². The summed E-state index contributed by atoms with van der Waals surface area (Å²) in [5.74, 6) is 0.00511. The zero-order valence-corrected chi connectivity index (χ0v) is 12.9. The summed E-state index contributed by atoms with van der Waals surface area (Å²) in [6, 6.07) is 7.64. The summed E-state index contributed by atoms with van der Waals surface area (Å²) in [6.45, 7) is 3.59. The molecular formula is C16H24N2O4. The number of carbonyl (C=O) groups excluding carboxylic acids is 1. The van der Waals surface area contributed by atoms with Crippen molar-refractivity contribution in [3.63, 3.8) is 0 Å². The van der Waals surface area contributed by atoms with Gasteiger partial charge in [-0.1, -0.05) is 17.7 Å². The number of carboxylic acids is 1. The van der Waals surface area contributed by atoms with E-state index in [1.807, 2.05) is 31.2 Å². The van der Waals surface area contributed by atoms with Crippen LogP contribution >= 0.6 is 0 Å². The number of hydrogen-bond donors (Lipinski definition) is 3. The molecular weight excluding hydrogens is 284 g/mol. The Hall–Kier alpha value is -2.24. The maximum absolute atomic E-state index is 11.4. The number of aryl methyl sites for hydroxylation is 1. The Bertz CT molecular complexity index is 460.